The first kappa shape index (κ1) is 10.2. The summed E-state index contributed by atoms with van der Waals surface area (Å²) in [6.07, 6.45) is 1.16. The van der Waals surface area contributed by atoms with Crippen molar-refractivity contribution in [2.75, 3.05) is 20.2 Å². The van der Waals surface area contributed by atoms with E-state index < -0.39 is 18.1 Å². The normalized spacial score (nSPS) is 32.1. The van der Waals surface area contributed by atoms with Crippen LogP contribution >= 0.6 is 0 Å². The Kier molecular flexibility index (Phi) is 2.52. The molecule has 2 fully saturated rings. The lowest BCUT2D eigenvalue weighted by Gasteiger charge is -2.30. The molecule has 2 aliphatic rings. The summed E-state index contributed by atoms with van der Waals surface area (Å²) in [5, 5.41) is 8.96. The molecule has 0 aromatic carbocycles. The Morgan fingerprint density at radius 1 is 1.60 bits per heavy atom. The van der Waals surface area contributed by atoms with Crippen LogP contribution in [0.25, 0.3) is 0 Å². The van der Waals surface area contributed by atoms with Gasteiger partial charge in [-0.1, -0.05) is 0 Å². The number of ether oxygens (including phenoxy) is 1. The van der Waals surface area contributed by atoms with E-state index in [0.717, 1.165) is 19.4 Å². The van der Waals surface area contributed by atoms with Gasteiger partial charge in [0.25, 0.3) is 0 Å². The highest BCUT2D eigenvalue weighted by atomic mass is 16.6. The smallest absolute Gasteiger partial charge is 0.411 e. The Morgan fingerprint density at radius 3 is 2.87 bits per heavy atom. The van der Waals surface area contributed by atoms with E-state index in [0.29, 0.717) is 0 Å². The quantitative estimate of drug-likeness (QED) is 0.697. The fourth-order valence-corrected chi connectivity index (χ4v) is 2.20. The van der Waals surface area contributed by atoms with Gasteiger partial charge in [0.1, 0.15) is 6.61 Å². The van der Waals surface area contributed by atoms with Gasteiger partial charge in [-0.05, 0) is 26.4 Å². The number of carbonyl (C=O) groups is 2. The predicted molar refractivity (Wildman–Crippen MR) is 50.3 cm³/mol. The lowest BCUT2D eigenvalue weighted by atomic mass is 10.2. The van der Waals surface area contributed by atoms with Gasteiger partial charge in [-0.15, -0.1) is 0 Å². The summed E-state index contributed by atoms with van der Waals surface area (Å²) < 4.78 is 4.78. The Hall–Kier alpha value is -1.30. The highest BCUT2D eigenvalue weighted by molar-refractivity contribution is 5.83. The van der Waals surface area contributed by atoms with Gasteiger partial charge in [-0.3, -0.25) is 9.80 Å². The number of nitrogens with zero attached hydrogens (tertiary/aromatic N) is 2. The number of amides is 1. The molecule has 84 valence electrons. The van der Waals surface area contributed by atoms with Gasteiger partial charge in [0.15, 0.2) is 6.04 Å². The van der Waals surface area contributed by atoms with Gasteiger partial charge in [0.05, 0.1) is 6.17 Å². The topological polar surface area (TPSA) is 70.1 Å². The van der Waals surface area contributed by atoms with E-state index in [1.54, 1.807) is 0 Å². The van der Waals surface area contributed by atoms with Crippen LogP contribution in [0.3, 0.4) is 0 Å². The molecular weight excluding hydrogens is 200 g/mol. The van der Waals surface area contributed by atoms with Crippen molar-refractivity contribution >= 4 is 12.1 Å². The number of cyclic esters (lactones) is 1. The van der Waals surface area contributed by atoms with E-state index in [4.69, 9.17) is 9.84 Å². The summed E-state index contributed by atoms with van der Waals surface area (Å²) >= 11 is 0. The van der Waals surface area contributed by atoms with Crippen LogP contribution in [0, 0.1) is 0 Å². The molecule has 2 heterocycles. The van der Waals surface area contributed by atoms with Crippen molar-refractivity contribution in [1.29, 1.82) is 0 Å². The number of hydrogen-bond acceptors (Lipinski definition) is 4. The minimum Gasteiger partial charge on any atom is -0.480 e. The van der Waals surface area contributed by atoms with Crippen LogP contribution < -0.4 is 0 Å². The van der Waals surface area contributed by atoms with Crippen LogP contribution in [0.2, 0.25) is 0 Å². The van der Waals surface area contributed by atoms with Crippen molar-refractivity contribution < 1.29 is 19.4 Å². The van der Waals surface area contributed by atoms with Crippen LogP contribution in [0.5, 0.6) is 0 Å². The summed E-state index contributed by atoms with van der Waals surface area (Å²) in [5.41, 5.74) is 0. The lowest BCUT2D eigenvalue weighted by molar-refractivity contribution is -0.142. The van der Waals surface area contributed by atoms with E-state index in [-0.39, 0.29) is 12.8 Å². The highest BCUT2D eigenvalue weighted by Gasteiger charge is 2.44. The number of aliphatic carboxylic acids is 1. The van der Waals surface area contributed by atoms with Crippen molar-refractivity contribution in [1.82, 2.24) is 9.80 Å². The van der Waals surface area contributed by atoms with E-state index in [1.807, 2.05) is 11.9 Å². The van der Waals surface area contributed by atoms with Gasteiger partial charge < -0.3 is 9.84 Å². The number of rotatable bonds is 2. The van der Waals surface area contributed by atoms with Crippen molar-refractivity contribution in [2.24, 2.45) is 0 Å². The summed E-state index contributed by atoms with van der Waals surface area (Å²) in [4.78, 5) is 25.7. The Morgan fingerprint density at radius 2 is 2.33 bits per heavy atom. The molecule has 1 amide bonds. The first-order valence-corrected chi connectivity index (χ1v) is 4.99. The minimum absolute atomic E-state index is 0.0431. The maximum atomic E-state index is 11.4. The van der Waals surface area contributed by atoms with Gasteiger partial charge in [0, 0.05) is 0 Å². The predicted octanol–water partition coefficient (Wildman–Crippen LogP) is -0.0565. The van der Waals surface area contributed by atoms with Gasteiger partial charge >= 0.3 is 12.1 Å². The lowest BCUT2D eigenvalue weighted by Crippen LogP contribution is -2.50. The molecule has 2 unspecified atom stereocenters. The minimum atomic E-state index is -0.999. The molecule has 0 bridgehead atoms. The molecule has 0 aromatic rings. The van der Waals surface area contributed by atoms with Crippen LogP contribution in [0.1, 0.15) is 12.8 Å². The molecular formula is C9H14N2O4. The monoisotopic (exact) mass is 214 g/mol. The van der Waals surface area contributed by atoms with E-state index in [9.17, 15) is 9.59 Å². The Balaban J connectivity index is 2.17. The SMILES string of the molecule is CN1CCCC1N1C(=O)OCC1C(=O)O. The van der Waals surface area contributed by atoms with E-state index in [1.165, 1.54) is 4.90 Å². The van der Waals surface area contributed by atoms with E-state index >= 15 is 0 Å². The molecule has 1 N–H and O–H groups in total. The third-order valence-electron chi connectivity index (χ3n) is 3.00. The zero-order valence-corrected chi connectivity index (χ0v) is 8.55. The third kappa shape index (κ3) is 1.65. The third-order valence-corrected chi connectivity index (χ3v) is 3.00. The molecule has 6 nitrogen and oxygen atoms in total. The molecule has 6 heteroatoms. The fourth-order valence-electron chi connectivity index (χ4n) is 2.20. The maximum Gasteiger partial charge on any atom is 0.411 e. The van der Waals surface area contributed by atoms with Gasteiger partial charge in [-0.2, -0.15) is 0 Å². The Bertz CT molecular complexity index is 294. The molecule has 0 saturated carbocycles. The molecule has 0 aliphatic carbocycles. The standard InChI is InChI=1S/C9H14N2O4/c1-10-4-2-3-7(10)11-6(8(12)13)5-15-9(11)14/h6-7H,2-5H2,1H3,(H,12,13). The van der Waals surface area contributed by atoms with Crippen molar-refractivity contribution in [3.63, 3.8) is 0 Å². The maximum absolute atomic E-state index is 11.4. The molecule has 0 spiro atoms. The average molecular weight is 214 g/mol. The van der Waals surface area contributed by atoms with Crippen LogP contribution in [-0.4, -0.2) is 59.4 Å². The Labute approximate surface area is 87.4 Å². The first-order chi connectivity index (χ1) is 7.11. The molecule has 15 heavy (non-hydrogen) atoms. The molecule has 2 saturated heterocycles. The summed E-state index contributed by atoms with van der Waals surface area (Å²) in [7, 11) is 1.89. The molecule has 2 aliphatic heterocycles. The van der Waals surface area contributed by atoms with Crippen LogP contribution in [0.4, 0.5) is 4.79 Å². The van der Waals surface area contributed by atoms with Gasteiger partial charge in [-0.25, -0.2) is 9.59 Å². The number of likely N-dealkylation sites (tertiary alicyclic amines) is 1. The zero-order chi connectivity index (χ0) is 11.0. The number of carbonyl (C=O) groups excluding carboxylic acids is 1. The number of hydrogen-bond donors (Lipinski definition) is 1. The van der Waals surface area contributed by atoms with Crippen molar-refractivity contribution in [2.45, 2.75) is 25.0 Å². The molecule has 0 aromatic heterocycles. The number of carboxylic acids is 1. The largest absolute Gasteiger partial charge is 0.480 e. The van der Waals surface area contributed by atoms with Crippen LogP contribution in [0.15, 0.2) is 0 Å². The fraction of sp³-hybridized carbons (Fsp3) is 0.778. The summed E-state index contributed by atoms with van der Waals surface area (Å²) in [6.45, 7) is 0.847. The van der Waals surface area contributed by atoms with Crippen molar-refractivity contribution in [3.8, 4) is 0 Å². The van der Waals surface area contributed by atoms with Crippen molar-refractivity contribution in [3.05, 3.63) is 0 Å². The summed E-state index contributed by atoms with van der Waals surface area (Å²) in [6, 6.07) is -0.831. The molecule has 2 atom stereocenters. The highest BCUT2D eigenvalue weighted by Crippen LogP contribution is 2.25. The molecule has 2 rings (SSSR count). The second-order valence-corrected chi connectivity index (χ2v) is 3.94. The zero-order valence-electron chi connectivity index (χ0n) is 8.55. The first-order valence-electron chi connectivity index (χ1n) is 4.99. The van der Waals surface area contributed by atoms with E-state index in [2.05, 4.69) is 0 Å². The molecule has 0 radical (unpaired) electrons. The van der Waals surface area contributed by atoms with Crippen LogP contribution in [-0.2, 0) is 9.53 Å². The number of carboxylic acid groups (broad SMARTS) is 1. The second kappa shape index (κ2) is 3.69. The van der Waals surface area contributed by atoms with Gasteiger partial charge in [0.2, 0.25) is 0 Å². The summed E-state index contributed by atoms with van der Waals surface area (Å²) in [5.74, 6) is -0.999. The average Bonchev–Trinajstić information content (AvgIpc) is 2.71. The second-order valence-electron chi connectivity index (χ2n) is 3.94.